The molecule has 1 aromatic heterocycles. The van der Waals surface area contributed by atoms with E-state index in [1.807, 2.05) is 30.3 Å². The molecule has 0 fully saturated rings. The van der Waals surface area contributed by atoms with Crippen LogP contribution in [0.3, 0.4) is 0 Å². The quantitative estimate of drug-likeness (QED) is 0.675. The molecule has 6 heteroatoms. The average Bonchev–Trinajstić information content (AvgIpc) is 3.13. The fraction of sp³-hybridized carbons (Fsp3) is 0. The fourth-order valence-corrected chi connectivity index (χ4v) is 3.32. The van der Waals surface area contributed by atoms with Crippen LogP contribution in [0.15, 0.2) is 53.9 Å². The van der Waals surface area contributed by atoms with Gasteiger partial charge in [0.1, 0.15) is 5.82 Å². The molecule has 1 aliphatic rings. The highest BCUT2D eigenvalue weighted by Crippen LogP contribution is 2.33. The molecule has 4 rings (SSSR count). The molecule has 23 heavy (non-hydrogen) atoms. The standard InChI is InChI=1S/C17H9FN2O2S/c18-11-6-7-12-13(8-11)16(22)20(15(12)21)17-19-14(9-23-17)10-4-2-1-3-5-10/h1-9H. The Morgan fingerprint density at radius 1 is 0.957 bits per heavy atom. The van der Waals surface area contributed by atoms with Gasteiger partial charge in [0.05, 0.1) is 16.8 Å². The Hall–Kier alpha value is -2.86. The summed E-state index contributed by atoms with van der Waals surface area (Å²) in [7, 11) is 0. The van der Waals surface area contributed by atoms with Gasteiger partial charge in [-0.1, -0.05) is 30.3 Å². The van der Waals surface area contributed by atoms with Gasteiger partial charge in [0.25, 0.3) is 11.8 Å². The second-order valence-electron chi connectivity index (χ2n) is 5.02. The highest BCUT2D eigenvalue weighted by atomic mass is 32.1. The summed E-state index contributed by atoms with van der Waals surface area (Å²) in [5.74, 6) is -1.56. The highest BCUT2D eigenvalue weighted by Gasteiger charge is 2.38. The number of halogens is 1. The third-order valence-electron chi connectivity index (χ3n) is 3.60. The molecule has 0 radical (unpaired) electrons. The monoisotopic (exact) mass is 324 g/mol. The zero-order valence-electron chi connectivity index (χ0n) is 11.7. The number of hydrogen-bond acceptors (Lipinski definition) is 4. The molecule has 0 bridgehead atoms. The number of nitrogens with zero attached hydrogens (tertiary/aromatic N) is 2. The number of imide groups is 1. The van der Waals surface area contributed by atoms with E-state index in [-0.39, 0.29) is 16.3 Å². The molecule has 0 saturated heterocycles. The van der Waals surface area contributed by atoms with Gasteiger partial charge in [-0.25, -0.2) is 14.3 Å². The first-order chi connectivity index (χ1) is 11.1. The smallest absolute Gasteiger partial charge is 0.268 e. The van der Waals surface area contributed by atoms with E-state index in [2.05, 4.69) is 4.98 Å². The molecule has 3 aromatic rings. The van der Waals surface area contributed by atoms with E-state index in [9.17, 15) is 14.0 Å². The van der Waals surface area contributed by atoms with Crippen molar-refractivity contribution in [2.45, 2.75) is 0 Å². The van der Waals surface area contributed by atoms with Gasteiger partial charge in [0.2, 0.25) is 0 Å². The van der Waals surface area contributed by atoms with Gasteiger partial charge in [-0.05, 0) is 18.2 Å². The Kier molecular flexibility index (Phi) is 3.06. The van der Waals surface area contributed by atoms with E-state index < -0.39 is 17.6 Å². The maximum atomic E-state index is 13.3. The Balaban J connectivity index is 1.74. The van der Waals surface area contributed by atoms with Crippen molar-refractivity contribution in [3.05, 3.63) is 70.9 Å². The molecular weight excluding hydrogens is 315 g/mol. The van der Waals surface area contributed by atoms with Crippen molar-refractivity contribution in [1.29, 1.82) is 0 Å². The minimum atomic E-state index is -0.545. The second kappa shape index (κ2) is 5.10. The Morgan fingerprint density at radius 3 is 2.48 bits per heavy atom. The van der Waals surface area contributed by atoms with Crippen molar-refractivity contribution in [3.63, 3.8) is 0 Å². The SMILES string of the molecule is O=C1c2ccc(F)cc2C(=O)N1c1nc(-c2ccccc2)cs1. The number of amides is 2. The number of aromatic nitrogens is 1. The summed E-state index contributed by atoms with van der Waals surface area (Å²) in [4.78, 5) is 30.2. The number of carbonyl (C=O) groups is 2. The van der Waals surface area contributed by atoms with Crippen LogP contribution in [0, 0.1) is 5.82 Å². The molecule has 2 amide bonds. The summed E-state index contributed by atoms with van der Waals surface area (Å²) < 4.78 is 13.3. The number of benzene rings is 2. The van der Waals surface area contributed by atoms with Crippen molar-refractivity contribution in [2.75, 3.05) is 4.90 Å². The predicted molar refractivity (Wildman–Crippen MR) is 85.1 cm³/mol. The summed E-state index contributed by atoms with van der Waals surface area (Å²) in [6.45, 7) is 0. The lowest BCUT2D eigenvalue weighted by atomic mass is 10.1. The van der Waals surface area contributed by atoms with Gasteiger partial charge in [-0.3, -0.25) is 9.59 Å². The normalized spacial score (nSPS) is 13.5. The molecule has 4 nitrogen and oxygen atoms in total. The number of fused-ring (bicyclic) bond motifs is 1. The van der Waals surface area contributed by atoms with Gasteiger partial charge in [0, 0.05) is 10.9 Å². The minimum absolute atomic E-state index is 0.0754. The van der Waals surface area contributed by atoms with E-state index in [1.54, 1.807) is 5.38 Å². The molecule has 2 heterocycles. The summed E-state index contributed by atoms with van der Waals surface area (Å²) in [6.07, 6.45) is 0. The van der Waals surface area contributed by atoms with Crippen molar-refractivity contribution >= 4 is 28.3 Å². The Morgan fingerprint density at radius 2 is 1.70 bits per heavy atom. The van der Waals surface area contributed by atoms with Crippen LogP contribution in [0.25, 0.3) is 11.3 Å². The van der Waals surface area contributed by atoms with E-state index in [0.29, 0.717) is 5.69 Å². The number of carbonyl (C=O) groups excluding carboxylic acids is 2. The molecule has 112 valence electrons. The van der Waals surface area contributed by atoms with Crippen LogP contribution in [0.5, 0.6) is 0 Å². The van der Waals surface area contributed by atoms with Crippen molar-refractivity contribution in [2.24, 2.45) is 0 Å². The molecule has 0 N–H and O–H groups in total. The molecular formula is C17H9FN2O2S. The first-order valence-corrected chi connectivity index (χ1v) is 7.72. The largest absolute Gasteiger partial charge is 0.268 e. The third kappa shape index (κ3) is 2.15. The van der Waals surface area contributed by atoms with Gasteiger partial charge in [-0.2, -0.15) is 0 Å². The molecule has 0 spiro atoms. The zero-order valence-corrected chi connectivity index (χ0v) is 12.5. The molecule has 2 aromatic carbocycles. The first-order valence-electron chi connectivity index (χ1n) is 6.84. The molecule has 0 atom stereocenters. The molecule has 0 unspecified atom stereocenters. The first kappa shape index (κ1) is 13.8. The number of hydrogen-bond donors (Lipinski definition) is 0. The van der Waals surface area contributed by atoms with Crippen LogP contribution in [-0.4, -0.2) is 16.8 Å². The van der Waals surface area contributed by atoms with E-state index >= 15 is 0 Å². The van der Waals surface area contributed by atoms with Crippen molar-refractivity contribution in [1.82, 2.24) is 4.98 Å². The van der Waals surface area contributed by atoms with Crippen LogP contribution in [0.2, 0.25) is 0 Å². The lowest BCUT2D eigenvalue weighted by Gasteiger charge is -2.08. The van der Waals surface area contributed by atoms with Gasteiger partial charge >= 0.3 is 0 Å². The lowest BCUT2D eigenvalue weighted by Crippen LogP contribution is -2.29. The summed E-state index contributed by atoms with van der Waals surface area (Å²) >= 11 is 1.20. The highest BCUT2D eigenvalue weighted by molar-refractivity contribution is 7.14. The van der Waals surface area contributed by atoms with Crippen LogP contribution in [-0.2, 0) is 0 Å². The van der Waals surface area contributed by atoms with E-state index in [1.165, 1.54) is 23.5 Å². The lowest BCUT2D eigenvalue weighted by molar-refractivity contribution is 0.0926. The third-order valence-corrected chi connectivity index (χ3v) is 4.43. The summed E-state index contributed by atoms with van der Waals surface area (Å²) in [5.41, 5.74) is 1.87. The molecule has 0 aliphatic carbocycles. The minimum Gasteiger partial charge on any atom is -0.268 e. The van der Waals surface area contributed by atoms with Crippen molar-refractivity contribution < 1.29 is 14.0 Å². The van der Waals surface area contributed by atoms with Gasteiger partial charge in [-0.15, -0.1) is 11.3 Å². The average molecular weight is 324 g/mol. The number of anilines is 1. The van der Waals surface area contributed by atoms with Crippen LogP contribution in [0.1, 0.15) is 20.7 Å². The van der Waals surface area contributed by atoms with Gasteiger partial charge < -0.3 is 0 Å². The number of rotatable bonds is 2. The second-order valence-corrected chi connectivity index (χ2v) is 5.85. The number of thiazole rings is 1. The molecule has 0 saturated carbocycles. The Bertz CT molecular complexity index is 937. The van der Waals surface area contributed by atoms with Gasteiger partial charge in [0.15, 0.2) is 5.13 Å². The zero-order chi connectivity index (χ0) is 16.0. The topological polar surface area (TPSA) is 50.3 Å². The fourth-order valence-electron chi connectivity index (χ4n) is 2.50. The van der Waals surface area contributed by atoms with Crippen molar-refractivity contribution in [3.8, 4) is 11.3 Å². The maximum absolute atomic E-state index is 13.3. The Labute approximate surface area is 134 Å². The summed E-state index contributed by atoms with van der Waals surface area (Å²) in [6, 6.07) is 13.1. The summed E-state index contributed by atoms with van der Waals surface area (Å²) in [5, 5.41) is 2.07. The van der Waals surface area contributed by atoms with E-state index in [0.717, 1.165) is 16.5 Å². The van der Waals surface area contributed by atoms with E-state index in [4.69, 9.17) is 0 Å². The van der Waals surface area contributed by atoms with Crippen LogP contribution < -0.4 is 4.90 Å². The van der Waals surface area contributed by atoms with Crippen LogP contribution in [0.4, 0.5) is 9.52 Å². The van der Waals surface area contributed by atoms with Crippen LogP contribution >= 0.6 is 11.3 Å². The maximum Gasteiger partial charge on any atom is 0.268 e. The predicted octanol–water partition coefficient (Wildman–Crippen LogP) is 3.75. The molecule has 1 aliphatic heterocycles.